The van der Waals surface area contributed by atoms with Crippen LogP contribution in [-0.4, -0.2) is 26.0 Å². The Hall–Kier alpha value is -3.37. The zero-order valence-electron chi connectivity index (χ0n) is 18.3. The van der Waals surface area contributed by atoms with Crippen molar-refractivity contribution in [2.24, 2.45) is 0 Å². The fraction of sp³-hybridized carbons (Fsp3) is 0.160. The molecule has 5 nitrogen and oxygen atoms in total. The van der Waals surface area contributed by atoms with Crippen molar-refractivity contribution in [3.05, 3.63) is 88.2 Å². The molecule has 1 atom stereocenters. The number of rotatable bonds is 6. The number of aliphatic carboxylic acids is 1. The number of H-pyrrole nitrogens is 1. The van der Waals surface area contributed by atoms with E-state index in [0.717, 1.165) is 26.6 Å². The third kappa shape index (κ3) is 4.51. The molecule has 10 heteroatoms. The van der Waals surface area contributed by atoms with Crippen molar-refractivity contribution in [3.8, 4) is 0 Å². The first-order valence-corrected chi connectivity index (χ1v) is 12.3. The number of hydrogen-bond donors (Lipinski definition) is 2. The highest BCUT2D eigenvalue weighted by Gasteiger charge is 2.34. The number of thioether (sulfide) groups is 1. The molecule has 35 heavy (non-hydrogen) atoms. The third-order valence-electron chi connectivity index (χ3n) is 5.83. The maximum atomic E-state index is 13.7. The monoisotopic (exact) mass is 513 g/mol. The second kappa shape index (κ2) is 9.01. The Morgan fingerprint density at radius 1 is 1.17 bits per heavy atom. The molecule has 5 aromatic rings. The van der Waals surface area contributed by atoms with Gasteiger partial charge < -0.3 is 10.1 Å². The molecule has 0 fully saturated rings. The van der Waals surface area contributed by atoms with E-state index >= 15 is 0 Å². The van der Waals surface area contributed by atoms with Crippen molar-refractivity contribution < 1.29 is 23.1 Å². The Labute approximate surface area is 206 Å². The lowest BCUT2D eigenvalue weighted by Gasteiger charge is -2.22. The van der Waals surface area contributed by atoms with Gasteiger partial charge in [-0.3, -0.25) is 4.79 Å². The number of hydrogen-bond acceptors (Lipinski definition) is 5. The van der Waals surface area contributed by atoms with Crippen molar-refractivity contribution >= 4 is 50.3 Å². The van der Waals surface area contributed by atoms with Crippen molar-refractivity contribution in [1.82, 2.24) is 15.0 Å². The number of halogens is 3. The van der Waals surface area contributed by atoms with Gasteiger partial charge in [0.1, 0.15) is 0 Å². The molecule has 0 radical (unpaired) electrons. The zero-order chi connectivity index (χ0) is 24.7. The second-order valence-electron chi connectivity index (χ2n) is 8.01. The van der Waals surface area contributed by atoms with Crippen LogP contribution in [-0.2, 0) is 17.4 Å². The van der Waals surface area contributed by atoms with Gasteiger partial charge in [-0.2, -0.15) is 13.2 Å². The average molecular weight is 514 g/mol. The molecule has 3 aromatic heterocycles. The molecule has 178 valence electrons. The molecular formula is C25H18F3N3O2S2. The standard InChI is InChI=1S/C25H18F3N3O2S2/c1-13-16(3-2-4-19(13)25(26,27)28)23(17-7-8-29-24-22(17)30-12-31-24)35-15-5-6-20-18(10-15)14(11-34-20)9-21(32)33/h2-8,10-12,23H,9H2,1H3,(H,32,33)(H,29,30,31). The molecule has 0 aliphatic heterocycles. The SMILES string of the molecule is Cc1c(C(Sc2ccc3scc(CC(=O)O)c3c2)c2ccnc3nc[nH]c23)cccc1C(F)(F)F. The summed E-state index contributed by atoms with van der Waals surface area (Å²) < 4.78 is 42.2. The largest absolute Gasteiger partial charge is 0.481 e. The van der Waals surface area contributed by atoms with E-state index in [1.54, 1.807) is 18.3 Å². The van der Waals surface area contributed by atoms with E-state index < -0.39 is 23.0 Å². The Morgan fingerprint density at radius 2 is 2.00 bits per heavy atom. The number of alkyl halides is 3. The number of carboxylic acids is 1. The van der Waals surface area contributed by atoms with Crippen LogP contribution in [0.1, 0.15) is 33.1 Å². The van der Waals surface area contributed by atoms with Crippen molar-refractivity contribution in [1.29, 1.82) is 0 Å². The van der Waals surface area contributed by atoms with Gasteiger partial charge in [0.05, 0.1) is 29.1 Å². The summed E-state index contributed by atoms with van der Waals surface area (Å²) in [6.07, 6.45) is -1.46. The van der Waals surface area contributed by atoms with Crippen LogP contribution in [0.3, 0.4) is 0 Å². The van der Waals surface area contributed by atoms with Crippen LogP contribution in [0.2, 0.25) is 0 Å². The Morgan fingerprint density at radius 3 is 2.77 bits per heavy atom. The maximum absolute atomic E-state index is 13.7. The molecule has 0 aliphatic carbocycles. The van der Waals surface area contributed by atoms with Gasteiger partial charge in [0.2, 0.25) is 0 Å². The number of nitrogens with zero attached hydrogens (tertiary/aromatic N) is 2. The highest BCUT2D eigenvalue weighted by atomic mass is 32.2. The zero-order valence-corrected chi connectivity index (χ0v) is 19.9. The van der Waals surface area contributed by atoms with Crippen LogP contribution in [0, 0.1) is 6.92 Å². The number of fused-ring (bicyclic) bond motifs is 2. The predicted octanol–water partition coefficient (Wildman–Crippen LogP) is 7.01. The van der Waals surface area contributed by atoms with Gasteiger partial charge in [0.25, 0.3) is 0 Å². The molecule has 0 saturated heterocycles. The molecule has 0 spiro atoms. The first-order valence-electron chi connectivity index (χ1n) is 10.6. The molecule has 0 amide bonds. The number of thiophene rings is 1. The van der Waals surface area contributed by atoms with Crippen LogP contribution in [0.5, 0.6) is 0 Å². The fourth-order valence-corrected chi connectivity index (χ4v) is 6.45. The van der Waals surface area contributed by atoms with E-state index in [-0.39, 0.29) is 12.0 Å². The normalized spacial score (nSPS) is 12.9. The lowest BCUT2D eigenvalue weighted by Crippen LogP contribution is -2.11. The molecule has 1 unspecified atom stereocenters. The number of carbonyl (C=O) groups is 1. The number of nitrogens with one attached hydrogen (secondary N) is 1. The summed E-state index contributed by atoms with van der Waals surface area (Å²) in [6.45, 7) is 1.49. The van der Waals surface area contributed by atoms with Gasteiger partial charge in [-0.25, -0.2) is 9.97 Å². The van der Waals surface area contributed by atoms with E-state index in [9.17, 15) is 23.1 Å². The van der Waals surface area contributed by atoms with Crippen LogP contribution < -0.4 is 0 Å². The average Bonchev–Trinajstić information content (AvgIpc) is 3.44. The summed E-state index contributed by atoms with van der Waals surface area (Å²) in [5.41, 5.74) is 2.63. The third-order valence-corrected chi connectivity index (χ3v) is 8.11. The number of imidazole rings is 1. The smallest absolute Gasteiger partial charge is 0.416 e. The maximum Gasteiger partial charge on any atom is 0.416 e. The van der Waals surface area contributed by atoms with Crippen LogP contribution in [0.25, 0.3) is 21.3 Å². The summed E-state index contributed by atoms with van der Waals surface area (Å²) >= 11 is 2.87. The Balaban J connectivity index is 1.66. The van der Waals surface area contributed by atoms with E-state index in [1.165, 1.54) is 42.4 Å². The molecule has 2 aromatic carbocycles. The Kier molecular flexibility index (Phi) is 6.02. The van der Waals surface area contributed by atoms with Gasteiger partial charge >= 0.3 is 12.1 Å². The summed E-state index contributed by atoms with van der Waals surface area (Å²) in [7, 11) is 0. The number of aromatic nitrogens is 3. The molecular weight excluding hydrogens is 495 g/mol. The van der Waals surface area contributed by atoms with Gasteiger partial charge in [0, 0.05) is 15.8 Å². The number of carboxylic acid groups (broad SMARTS) is 1. The van der Waals surface area contributed by atoms with E-state index in [0.29, 0.717) is 22.3 Å². The number of aromatic amines is 1. The predicted molar refractivity (Wildman–Crippen MR) is 131 cm³/mol. The highest BCUT2D eigenvalue weighted by molar-refractivity contribution is 7.99. The fourth-order valence-electron chi connectivity index (χ4n) is 4.20. The topological polar surface area (TPSA) is 78.9 Å². The van der Waals surface area contributed by atoms with Crippen LogP contribution >= 0.6 is 23.1 Å². The molecule has 3 heterocycles. The lowest BCUT2D eigenvalue weighted by molar-refractivity contribution is -0.138. The van der Waals surface area contributed by atoms with Crippen LogP contribution in [0.4, 0.5) is 13.2 Å². The van der Waals surface area contributed by atoms with Gasteiger partial charge in [-0.15, -0.1) is 23.1 Å². The summed E-state index contributed by atoms with van der Waals surface area (Å²) in [4.78, 5) is 23.6. The molecule has 0 aliphatic rings. The Bertz CT molecular complexity index is 1560. The van der Waals surface area contributed by atoms with Gasteiger partial charge in [-0.1, -0.05) is 12.1 Å². The molecule has 2 N–H and O–H groups in total. The first kappa shape index (κ1) is 23.4. The molecule has 0 bridgehead atoms. The van der Waals surface area contributed by atoms with Crippen molar-refractivity contribution in [2.45, 2.75) is 29.7 Å². The van der Waals surface area contributed by atoms with E-state index in [1.807, 2.05) is 23.6 Å². The van der Waals surface area contributed by atoms with Crippen molar-refractivity contribution in [3.63, 3.8) is 0 Å². The minimum absolute atomic E-state index is 0.0938. The molecule has 5 rings (SSSR count). The quantitative estimate of drug-likeness (QED) is 0.239. The van der Waals surface area contributed by atoms with E-state index in [2.05, 4.69) is 15.0 Å². The summed E-state index contributed by atoms with van der Waals surface area (Å²) in [6, 6.07) is 11.8. The van der Waals surface area contributed by atoms with Crippen LogP contribution in [0.15, 0.2) is 65.3 Å². The van der Waals surface area contributed by atoms with E-state index in [4.69, 9.17) is 0 Å². The lowest BCUT2D eigenvalue weighted by atomic mass is 9.96. The number of pyridine rings is 1. The highest BCUT2D eigenvalue weighted by Crippen LogP contribution is 2.46. The van der Waals surface area contributed by atoms with Gasteiger partial charge in [0.15, 0.2) is 5.65 Å². The molecule has 0 saturated carbocycles. The number of benzene rings is 2. The van der Waals surface area contributed by atoms with Crippen molar-refractivity contribution in [2.75, 3.05) is 0 Å². The van der Waals surface area contributed by atoms with Gasteiger partial charge in [-0.05, 0) is 70.3 Å². The first-order chi connectivity index (χ1) is 16.7. The summed E-state index contributed by atoms with van der Waals surface area (Å²) in [5.74, 6) is -0.918. The minimum atomic E-state index is -4.47. The second-order valence-corrected chi connectivity index (χ2v) is 10.1. The summed E-state index contributed by atoms with van der Waals surface area (Å²) in [5, 5.41) is 11.4. The minimum Gasteiger partial charge on any atom is -0.481 e.